The van der Waals surface area contributed by atoms with E-state index in [0.717, 1.165) is 0 Å². The molecule has 1 saturated heterocycles. The standard InChI is InChI=1S/C29H39F2N9O10P2S/c1-15(2)26(42)38-29-37-25-22(27(43)39-29)35-14-40(25)28-24(21(31)18(48-28)5-9-41)50-52(53,46-10-3-7-32)47-11-6-16-12-17(20(30)23(16)49-51(44)45)36-19-4-8-33-13-34-19/h4,8,13-18,20-21,23-24,28,41,51H,3,5-6,9-12H2,1-2H3,(H,44,45)(H,33,34,36)(H2,37,38,39,42,43)/t16-,17+,18+,20-,21+,23+,24+,28+,52?/m0/s1. The Kier molecular flexibility index (Phi) is 14.1. The minimum Gasteiger partial charge on any atom is -0.396 e. The number of alkyl halides is 2. The number of hydrogen-bond donors (Lipinski definition) is 5. The second-order valence-electron chi connectivity index (χ2n) is 12.4. The van der Waals surface area contributed by atoms with Crippen molar-refractivity contribution in [3.05, 3.63) is 35.3 Å². The molecule has 290 valence electrons. The van der Waals surface area contributed by atoms with Gasteiger partial charge in [0.1, 0.15) is 30.5 Å². The molecule has 0 aromatic carbocycles. The molecule has 1 amide bonds. The van der Waals surface area contributed by atoms with Crippen molar-refractivity contribution in [2.45, 2.75) is 82.5 Å². The Morgan fingerprint density at radius 2 is 2.04 bits per heavy atom. The number of halogens is 2. The van der Waals surface area contributed by atoms with E-state index in [-0.39, 0.29) is 56.0 Å². The quantitative estimate of drug-likeness (QED) is 0.0914. The lowest BCUT2D eigenvalue weighted by atomic mass is 10.0. The number of nitriles is 1. The van der Waals surface area contributed by atoms with Crippen molar-refractivity contribution in [3.8, 4) is 6.07 Å². The van der Waals surface area contributed by atoms with Gasteiger partial charge in [0.15, 0.2) is 23.6 Å². The molecule has 5 rings (SSSR count). The molecule has 3 aromatic rings. The van der Waals surface area contributed by atoms with Gasteiger partial charge in [0.25, 0.3) is 5.56 Å². The number of carbonyl (C=O) groups is 1. The fourth-order valence-electron chi connectivity index (χ4n) is 5.93. The fraction of sp³-hybridized carbons (Fsp3) is 0.621. The predicted molar refractivity (Wildman–Crippen MR) is 187 cm³/mol. The molecule has 2 aliphatic rings. The normalized spacial score (nSPS) is 27.4. The predicted octanol–water partition coefficient (Wildman–Crippen LogP) is 2.67. The van der Waals surface area contributed by atoms with Crippen LogP contribution in [0.2, 0.25) is 0 Å². The molecule has 5 N–H and O–H groups in total. The zero-order valence-electron chi connectivity index (χ0n) is 28.4. The topological polar surface area (TPSA) is 258 Å². The molecule has 19 nitrogen and oxygen atoms in total. The first-order valence-corrected chi connectivity index (χ1v) is 20.3. The number of amides is 1. The van der Waals surface area contributed by atoms with Crippen LogP contribution in [0.25, 0.3) is 11.2 Å². The molecule has 24 heteroatoms. The van der Waals surface area contributed by atoms with E-state index in [1.54, 1.807) is 13.8 Å². The molecule has 3 aromatic heterocycles. The summed E-state index contributed by atoms with van der Waals surface area (Å²) in [5.74, 6) is -1.39. The summed E-state index contributed by atoms with van der Waals surface area (Å²) in [5.41, 5.74) is -0.954. The van der Waals surface area contributed by atoms with Gasteiger partial charge < -0.3 is 33.6 Å². The zero-order chi connectivity index (χ0) is 38.3. The molecule has 2 fully saturated rings. The first kappa shape index (κ1) is 40.8. The monoisotopic (exact) mass is 805 g/mol. The third-order valence-electron chi connectivity index (χ3n) is 8.47. The molecule has 2 unspecified atom stereocenters. The SMILES string of the molecule is CC(C)C(=O)Nc1nc2c(ncn2[C@@H]2O[C@H](CCO)[C@@H](F)[C@H]2OP(=S)(OCCC#N)OCC[C@H]2C[C@@H](Nc3ccncn3)[C@H](F)[C@@H]2O[PH](=O)O)c(=O)[nH]1. The maximum Gasteiger partial charge on any atom is 0.327 e. The Morgan fingerprint density at radius 1 is 1.26 bits per heavy atom. The van der Waals surface area contributed by atoms with Gasteiger partial charge in [-0.15, -0.1) is 0 Å². The minimum absolute atomic E-state index is 0.0338. The summed E-state index contributed by atoms with van der Waals surface area (Å²) < 4.78 is 73.4. The Bertz CT molecular complexity index is 1890. The van der Waals surface area contributed by atoms with E-state index in [2.05, 4.69) is 35.6 Å². The number of anilines is 2. The highest BCUT2D eigenvalue weighted by atomic mass is 32.5. The summed E-state index contributed by atoms with van der Waals surface area (Å²) in [4.78, 5) is 53.4. The molecular weight excluding hydrogens is 766 g/mol. The van der Waals surface area contributed by atoms with Crippen LogP contribution in [0.1, 0.15) is 45.8 Å². The molecule has 1 aliphatic heterocycles. The molecular formula is C29H39F2N9O10P2S. The van der Waals surface area contributed by atoms with E-state index >= 15 is 8.78 Å². The second-order valence-corrected chi connectivity index (χ2v) is 16.1. The van der Waals surface area contributed by atoms with Crippen LogP contribution < -0.4 is 16.2 Å². The van der Waals surface area contributed by atoms with Crippen LogP contribution in [0.3, 0.4) is 0 Å². The average molecular weight is 806 g/mol. The molecule has 1 saturated carbocycles. The van der Waals surface area contributed by atoms with Crippen LogP contribution in [0.15, 0.2) is 29.7 Å². The van der Waals surface area contributed by atoms with Crippen molar-refractivity contribution in [1.29, 1.82) is 5.26 Å². The Hall–Kier alpha value is -3.35. The van der Waals surface area contributed by atoms with Gasteiger partial charge in [0, 0.05) is 18.7 Å². The molecule has 53 heavy (non-hydrogen) atoms. The third-order valence-corrected chi connectivity index (χ3v) is 11.3. The summed E-state index contributed by atoms with van der Waals surface area (Å²) >= 11 is 5.68. The molecule has 0 radical (unpaired) electrons. The Morgan fingerprint density at radius 3 is 2.72 bits per heavy atom. The van der Waals surface area contributed by atoms with Crippen LogP contribution >= 0.6 is 15.0 Å². The lowest BCUT2D eigenvalue weighted by molar-refractivity contribution is -0.118. The summed E-state index contributed by atoms with van der Waals surface area (Å²) in [6.45, 7) is -1.65. The number of aromatic nitrogens is 6. The lowest BCUT2D eigenvalue weighted by Crippen LogP contribution is -2.33. The zero-order valence-corrected chi connectivity index (χ0v) is 31.1. The first-order chi connectivity index (χ1) is 25.3. The lowest BCUT2D eigenvalue weighted by Gasteiger charge is -2.29. The van der Waals surface area contributed by atoms with Gasteiger partial charge in [-0.25, -0.2) is 23.7 Å². The molecule has 0 bridgehead atoms. The second kappa shape index (κ2) is 18.3. The number of H-pyrrole nitrogens is 1. The van der Waals surface area contributed by atoms with Crippen LogP contribution in [-0.4, -0.2) is 102 Å². The summed E-state index contributed by atoms with van der Waals surface area (Å²) in [6, 6.07) is 2.60. The number of imidazole rings is 1. The van der Waals surface area contributed by atoms with Gasteiger partial charge in [0.2, 0.25) is 11.9 Å². The molecule has 4 heterocycles. The van der Waals surface area contributed by atoms with E-state index in [1.165, 1.54) is 29.5 Å². The highest BCUT2D eigenvalue weighted by Gasteiger charge is 2.50. The number of aromatic amines is 1. The van der Waals surface area contributed by atoms with Crippen molar-refractivity contribution < 1.29 is 51.0 Å². The number of rotatable bonds is 18. The number of fused-ring (bicyclic) bond motifs is 1. The number of nitrogens with zero attached hydrogens (tertiary/aromatic N) is 6. The van der Waals surface area contributed by atoms with E-state index in [4.69, 9.17) is 39.9 Å². The number of aliphatic hydroxyl groups is 1. The van der Waals surface area contributed by atoms with Crippen molar-refractivity contribution in [2.75, 3.05) is 30.5 Å². The minimum atomic E-state index is -3.97. The smallest absolute Gasteiger partial charge is 0.327 e. The number of nitrogens with one attached hydrogen (secondary N) is 3. The van der Waals surface area contributed by atoms with E-state index < -0.39 is 87.8 Å². The van der Waals surface area contributed by atoms with Crippen LogP contribution in [-0.2, 0) is 44.0 Å². The highest BCUT2D eigenvalue weighted by Crippen LogP contribution is 2.55. The number of hydrogen-bond acceptors (Lipinski definition) is 16. The molecule has 1 aliphatic carbocycles. The van der Waals surface area contributed by atoms with Gasteiger partial charge in [-0.1, -0.05) is 13.8 Å². The number of ether oxygens (including phenoxy) is 1. The fourth-order valence-corrected chi connectivity index (χ4v) is 8.59. The average Bonchev–Trinajstić information content (AvgIpc) is 3.75. The first-order valence-electron chi connectivity index (χ1n) is 16.5. The summed E-state index contributed by atoms with van der Waals surface area (Å²) in [5, 5.41) is 24.2. The summed E-state index contributed by atoms with van der Waals surface area (Å²) in [7, 11) is -3.54. The van der Waals surface area contributed by atoms with Gasteiger partial charge in [-0.2, -0.15) is 10.2 Å². The van der Waals surface area contributed by atoms with E-state index in [1.807, 2.05) is 6.07 Å². The van der Waals surface area contributed by atoms with Gasteiger partial charge in [0.05, 0.1) is 44.2 Å². The van der Waals surface area contributed by atoms with E-state index in [9.17, 15) is 24.2 Å². The number of aliphatic hydroxyl groups excluding tert-OH is 1. The van der Waals surface area contributed by atoms with Gasteiger partial charge in [-0.05, 0) is 43.1 Å². The third kappa shape index (κ3) is 10.0. The molecule has 0 spiro atoms. The molecule has 10 atom stereocenters. The maximum absolute atomic E-state index is 16.2. The maximum atomic E-state index is 16.2. The van der Waals surface area contributed by atoms with Gasteiger partial charge in [-0.3, -0.25) is 33.5 Å². The van der Waals surface area contributed by atoms with Crippen LogP contribution in [0.5, 0.6) is 0 Å². The van der Waals surface area contributed by atoms with Gasteiger partial charge >= 0.3 is 15.0 Å². The summed E-state index contributed by atoms with van der Waals surface area (Å²) in [6.07, 6.45) is -5.35. The largest absolute Gasteiger partial charge is 0.396 e. The van der Waals surface area contributed by atoms with Crippen molar-refractivity contribution >= 4 is 55.6 Å². The van der Waals surface area contributed by atoms with E-state index in [0.29, 0.717) is 5.82 Å². The van der Waals surface area contributed by atoms with Crippen molar-refractivity contribution in [3.63, 3.8) is 0 Å². The Balaban J connectivity index is 1.38. The Labute approximate surface area is 307 Å². The van der Waals surface area contributed by atoms with Crippen LogP contribution in [0, 0.1) is 23.2 Å². The van der Waals surface area contributed by atoms with Crippen molar-refractivity contribution in [1.82, 2.24) is 29.5 Å². The van der Waals surface area contributed by atoms with Crippen LogP contribution in [0.4, 0.5) is 20.5 Å². The number of carbonyl (C=O) groups excluding carboxylic acids is 1. The highest BCUT2D eigenvalue weighted by molar-refractivity contribution is 8.07. The van der Waals surface area contributed by atoms with Crippen molar-refractivity contribution in [2.24, 2.45) is 11.8 Å².